The Balaban J connectivity index is 1.49. The number of anilines is 1. The summed E-state index contributed by atoms with van der Waals surface area (Å²) in [5.41, 5.74) is 4.09. The Labute approximate surface area is 249 Å². The van der Waals surface area contributed by atoms with Gasteiger partial charge in [0.15, 0.2) is 5.17 Å². The highest BCUT2D eigenvalue weighted by Gasteiger charge is 2.41. The predicted octanol–water partition coefficient (Wildman–Crippen LogP) is 4.61. The molecule has 5 rings (SSSR count). The summed E-state index contributed by atoms with van der Waals surface area (Å²) in [5, 5.41) is 14.3. The van der Waals surface area contributed by atoms with Gasteiger partial charge in [-0.15, -0.1) is 0 Å². The molecule has 2 aromatic carbocycles. The summed E-state index contributed by atoms with van der Waals surface area (Å²) in [6.07, 6.45) is 0.745. The average Bonchev–Trinajstić information content (AvgIpc) is 3.45. The molecule has 1 fully saturated rings. The van der Waals surface area contributed by atoms with Gasteiger partial charge in [-0.1, -0.05) is 42.1 Å². The molecule has 0 aliphatic carbocycles. The second-order valence-electron chi connectivity index (χ2n) is 10.2. The maximum absolute atomic E-state index is 14.0. The number of benzene rings is 2. The van der Waals surface area contributed by atoms with Crippen LogP contribution in [0.5, 0.6) is 0 Å². The van der Waals surface area contributed by atoms with Gasteiger partial charge in [-0.05, 0) is 56.5 Å². The molecule has 41 heavy (non-hydrogen) atoms. The minimum Gasteiger partial charge on any atom is -0.384 e. The van der Waals surface area contributed by atoms with Crippen LogP contribution in [0.2, 0.25) is 0 Å². The second kappa shape index (κ2) is 12.4. The van der Waals surface area contributed by atoms with E-state index in [9.17, 15) is 14.9 Å². The predicted molar refractivity (Wildman–Crippen MR) is 166 cm³/mol. The van der Waals surface area contributed by atoms with Crippen molar-refractivity contribution >= 4 is 51.9 Å². The van der Waals surface area contributed by atoms with Gasteiger partial charge in [-0.25, -0.2) is 4.99 Å². The van der Waals surface area contributed by atoms with Crippen molar-refractivity contribution in [1.82, 2.24) is 19.6 Å². The number of hydrogen-bond acceptors (Lipinski definition) is 9. The Bertz CT molecular complexity index is 1490. The van der Waals surface area contributed by atoms with Gasteiger partial charge in [-0.2, -0.15) is 5.26 Å². The fourth-order valence-corrected chi connectivity index (χ4v) is 7.41. The van der Waals surface area contributed by atoms with Crippen LogP contribution in [-0.2, 0) is 16.1 Å². The number of rotatable bonds is 7. The van der Waals surface area contributed by atoms with Gasteiger partial charge in [-0.3, -0.25) is 14.5 Å². The highest BCUT2D eigenvalue weighted by atomic mass is 32.2. The van der Waals surface area contributed by atoms with Crippen LogP contribution in [0.3, 0.4) is 0 Å². The average molecular weight is 588 g/mol. The molecule has 0 aromatic heterocycles. The number of carbonyl (C=O) groups is 2. The lowest BCUT2D eigenvalue weighted by molar-refractivity contribution is -0.131. The summed E-state index contributed by atoms with van der Waals surface area (Å²) >= 11 is 2.94. The number of nitrogens with zero attached hydrogens (tertiary/aromatic N) is 6. The van der Waals surface area contributed by atoms with E-state index in [2.05, 4.69) is 16.3 Å². The number of thioether (sulfide) groups is 2. The van der Waals surface area contributed by atoms with E-state index in [4.69, 9.17) is 4.99 Å². The number of hydrogen-bond donors (Lipinski definition) is 1. The largest absolute Gasteiger partial charge is 0.384 e. The first kappa shape index (κ1) is 28.8. The topological polar surface area (TPSA) is 95.3 Å². The lowest BCUT2D eigenvalue weighted by Gasteiger charge is -2.30. The molecule has 0 atom stereocenters. The van der Waals surface area contributed by atoms with E-state index < -0.39 is 0 Å². The highest BCUT2D eigenvalue weighted by molar-refractivity contribution is 8.19. The minimum absolute atomic E-state index is 0.103. The summed E-state index contributed by atoms with van der Waals surface area (Å²) < 4.78 is 0. The zero-order chi connectivity index (χ0) is 29.1. The number of carbonyl (C=O) groups excluding carboxylic acids is 2. The standard InChI is InChI=1S/C30H33N7O2S2/c1-5-32-22-12-11-21(16-31)15-23(22)33-30-37(17-20-9-7-6-8-10-20)28(39)27(41-30)29-35(4)24-13-14-36(18-25(24)40-29)26(38)19-34(2)3/h6-12,15,32H,5,13-14,17-19H2,1-4H3/b29-27-,33-30?. The molecular formula is C30H33N7O2S2. The summed E-state index contributed by atoms with van der Waals surface area (Å²) in [5.74, 6) is 0.00514. The van der Waals surface area contributed by atoms with E-state index in [0.717, 1.165) is 33.3 Å². The van der Waals surface area contributed by atoms with Gasteiger partial charge in [0.2, 0.25) is 5.91 Å². The van der Waals surface area contributed by atoms with Crippen LogP contribution in [0.1, 0.15) is 24.5 Å². The summed E-state index contributed by atoms with van der Waals surface area (Å²) in [4.78, 5) is 41.1. The molecule has 1 N–H and O–H groups in total. The van der Waals surface area contributed by atoms with E-state index in [-0.39, 0.29) is 11.8 Å². The van der Waals surface area contributed by atoms with E-state index in [1.165, 1.54) is 11.8 Å². The van der Waals surface area contributed by atoms with Gasteiger partial charge < -0.3 is 20.0 Å². The molecule has 0 radical (unpaired) electrons. The Morgan fingerprint density at radius 3 is 2.66 bits per heavy atom. The fraction of sp³-hybridized carbons (Fsp3) is 0.333. The van der Waals surface area contributed by atoms with Crippen molar-refractivity contribution in [3.05, 3.63) is 80.2 Å². The Morgan fingerprint density at radius 1 is 1.17 bits per heavy atom. The summed E-state index contributed by atoms with van der Waals surface area (Å²) in [6.45, 7) is 4.67. The molecule has 0 bridgehead atoms. The molecule has 9 nitrogen and oxygen atoms in total. The van der Waals surface area contributed by atoms with Crippen molar-refractivity contribution in [2.45, 2.75) is 19.9 Å². The third kappa shape index (κ3) is 6.15. The van der Waals surface area contributed by atoms with Gasteiger partial charge in [0.1, 0.15) is 4.91 Å². The summed E-state index contributed by atoms with van der Waals surface area (Å²) in [6, 6.07) is 17.4. The molecule has 1 saturated heterocycles. The molecule has 212 valence electrons. The van der Waals surface area contributed by atoms with Crippen molar-refractivity contribution in [1.29, 1.82) is 5.26 Å². The van der Waals surface area contributed by atoms with Crippen LogP contribution in [0.15, 0.2) is 74.1 Å². The molecule has 2 amide bonds. The lowest BCUT2D eigenvalue weighted by atomic mass is 10.2. The van der Waals surface area contributed by atoms with Crippen molar-refractivity contribution in [2.75, 3.05) is 52.6 Å². The minimum atomic E-state index is -0.103. The van der Waals surface area contributed by atoms with E-state index >= 15 is 0 Å². The Hall–Kier alpha value is -3.72. The second-order valence-corrected chi connectivity index (χ2v) is 12.3. The number of likely N-dealkylation sites (N-methyl/N-ethyl adjacent to an activating group) is 1. The third-order valence-electron chi connectivity index (χ3n) is 6.96. The zero-order valence-corrected chi connectivity index (χ0v) is 25.3. The quantitative estimate of drug-likeness (QED) is 0.470. The Morgan fingerprint density at radius 2 is 1.95 bits per heavy atom. The summed E-state index contributed by atoms with van der Waals surface area (Å²) in [7, 11) is 5.79. The zero-order valence-electron chi connectivity index (χ0n) is 23.7. The van der Waals surface area contributed by atoms with Crippen molar-refractivity contribution in [2.24, 2.45) is 4.99 Å². The maximum atomic E-state index is 14.0. The molecule has 3 heterocycles. The molecule has 0 saturated carbocycles. The number of nitrogens with one attached hydrogen (secondary N) is 1. The first-order chi connectivity index (χ1) is 19.8. The lowest BCUT2D eigenvalue weighted by Crippen LogP contribution is -2.41. The molecular weight excluding hydrogens is 555 g/mol. The van der Waals surface area contributed by atoms with Gasteiger partial charge in [0, 0.05) is 37.2 Å². The smallest absolute Gasteiger partial charge is 0.269 e. The van der Waals surface area contributed by atoms with Crippen LogP contribution in [0.25, 0.3) is 0 Å². The van der Waals surface area contributed by atoms with E-state index in [1.807, 2.05) is 74.3 Å². The van der Waals surface area contributed by atoms with Gasteiger partial charge >= 0.3 is 0 Å². The Kier molecular flexibility index (Phi) is 8.73. The van der Waals surface area contributed by atoms with Crippen LogP contribution in [-0.4, -0.2) is 83.9 Å². The number of amidine groups is 1. The highest BCUT2D eigenvalue weighted by Crippen LogP contribution is 2.49. The number of nitriles is 1. The normalized spacial score (nSPS) is 19.9. The van der Waals surface area contributed by atoms with Crippen LogP contribution < -0.4 is 5.32 Å². The fourth-order valence-electron chi connectivity index (χ4n) is 4.92. The van der Waals surface area contributed by atoms with Crippen LogP contribution in [0, 0.1) is 11.3 Å². The molecule has 2 aromatic rings. The van der Waals surface area contributed by atoms with Gasteiger partial charge in [0.05, 0.1) is 47.7 Å². The third-order valence-corrected chi connectivity index (χ3v) is 9.44. The molecule has 3 aliphatic heterocycles. The van der Waals surface area contributed by atoms with Crippen LogP contribution in [0.4, 0.5) is 11.4 Å². The van der Waals surface area contributed by atoms with Gasteiger partial charge in [0.25, 0.3) is 5.91 Å². The van der Waals surface area contributed by atoms with Crippen molar-refractivity contribution < 1.29 is 9.59 Å². The van der Waals surface area contributed by atoms with Crippen molar-refractivity contribution in [3.63, 3.8) is 0 Å². The van der Waals surface area contributed by atoms with Crippen LogP contribution >= 0.6 is 23.5 Å². The number of amides is 2. The molecule has 0 spiro atoms. The molecule has 3 aliphatic rings. The monoisotopic (exact) mass is 587 g/mol. The number of aliphatic imine (C=N–C) groups is 1. The first-order valence-electron chi connectivity index (χ1n) is 13.5. The van der Waals surface area contributed by atoms with E-state index in [0.29, 0.717) is 54.0 Å². The molecule has 0 unspecified atom stereocenters. The first-order valence-corrected chi connectivity index (χ1v) is 15.1. The molecule has 11 heteroatoms. The van der Waals surface area contributed by atoms with Crippen molar-refractivity contribution in [3.8, 4) is 6.07 Å². The SMILES string of the molecule is CCNc1ccc(C#N)cc1N=C1S/C(=C2\SC3=C(CCN(C(=O)CN(C)C)C3)N2C)C(=O)N1Cc1ccccc1. The van der Waals surface area contributed by atoms with E-state index in [1.54, 1.807) is 28.8 Å². The maximum Gasteiger partial charge on any atom is 0.269 e.